The van der Waals surface area contributed by atoms with Crippen LogP contribution in [0.15, 0.2) is 35.2 Å². The number of benzene rings is 2. The van der Waals surface area contributed by atoms with Crippen molar-refractivity contribution in [1.29, 1.82) is 5.26 Å². The van der Waals surface area contributed by atoms with Gasteiger partial charge in [0, 0.05) is 28.5 Å². The number of aliphatic hydroxyl groups is 1. The lowest BCUT2D eigenvalue weighted by molar-refractivity contribution is -0.0976. The molecule has 150 valence electrons. The third-order valence-electron chi connectivity index (χ3n) is 3.80. The molecule has 0 amide bonds. The van der Waals surface area contributed by atoms with E-state index in [0.29, 0.717) is 0 Å². The fraction of sp³-hybridized carbons (Fsp3) is 0.316. The number of nitriles is 1. The van der Waals surface area contributed by atoms with Gasteiger partial charge in [0.05, 0.1) is 11.6 Å². The molecule has 0 fully saturated rings. The molecule has 3 rings (SSSR count). The molecule has 0 aromatic heterocycles. The summed E-state index contributed by atoms with van der Waals surface area (Å²) < 4.78 is 72.2. The predicted molar refractivity (Wildman–Crippen MR) is 94.5 cm³/mol. The first kappa shape index (κ1) is 22.0. The SMILES string of the molecule is CC.N#Cc1cc(F)cc(Oc2ccc(SC(F)F)c3c2CC(F)(F)C3O)c1. The third kappa shape index (κ3) is 4.56. The standard InChI is InChI=1S/C17H10F5NO2S.C2H6/c18-9-3-8(7-23)4-10(5-9)25-12-1-2-13(26-16(19)20)14-11(12)6-17(21,22)15(14)24;1-2/h1-5,15-16,24H,6H2;1-2H3. The minimum Gasteiger partial charge on any atom is -0.457 e. The van der Waals surface area contributed by atoms with E-state index in [1.54, 1.807) is 6.07 Å². The van der Waals surface area contributed by atoms with Gasteiger partial charge in [-0.15, -0.1) is 0 Å². The molecule has 1 aliphatic rings. The lowest BCUT2D eigenvalue weighted by atomic mass is 10.1. The molecule has 9 heteroatoms. The number of thioether (sulfide) groups is 1. The highest BCUT2D eigenvalue weighted by molar-refractivity contribution is 7.99. The number of fused-ring (bicyclic) bond motifs is 1. The Hall–Kier alpha value is -2.31. The number of ether oxygens (including phenoxy) is 1. The molecule has 1 atom stereocenters. The molecular weight excluding hydrogens is 401 g/mol. The summed E-state index contributed by atoms with van der Waals surface area (Å²) in [5, 5.41) is 18.7. The summed E-state index contributed by atoms with van der Waals surface area (Å²) in [7, 11) is 0. The summed E-state index contributed by atoms with van der Waals surface area (Å²) in [5.41, 5.74) is -0.488. The second-order valence-electron chi connectivity index (χ2n) is 5.56. The fourth-order valence-corrected chi connectivity index (χ4v) is 3.46. The summed E-state index contributed by atoms with van der Waals surface area (Å²) >= 11 is 0.0465. The molecule has 2 aromatic rings. The number of halogens is 5. The number of hydrogen-bond acceptors (Lipinski definition) is 4. The predicted octanol–water partition coefficient (Wildman–Crippen LogP) is 6.06. The van der Waals surface area contributed by atoms with Gasteiger partial charge in [0.2, 0.25) is 0 Å². The monoisotopic (exact) mass is 417 g/mol. The van der Waals surface area contributed by atoms with Crippen LogP contribution in [0.3, 0.4) is 0 Å². The largest absolute Gasteiger partial charge is 0.457 e. The van der Waals surface area contributed by atoms with E-state index >= 15 is 0 Å². The Bertz CT molecular complexity index is 899. The average molecular weight is 417 g/mol. The molecule has 1 N–H and O–H groups in total. The molecule has 0 aliphatic heterocycles. The van der Waals surface area contributed by atoms with Gasteiger partial charge in [0.25, 0.3) is 11.7 Å². The molecule has 3 nitrogen and oxygen atoms in total. The smallest absolute Gasteiger partial charge is 0.288 e. The molecule has 0 saturated carbocycles. The van der Waals surface area contributed by atoms with Crippen molar-refractivity contribution in [3.05, 3.63) is 52.8 Å². The van der Waals surface area contributed by atoms with Crippen LogP contribution in [-0.4, -0.2) is 16.8 Å². The van der Waals surface area contributed by atoms with Crippen LogP contribution in [-0.2, 0) is 6.42 Å². The van der Waals surface area contributed by atoms with Gasteiger partial charge in [0.1, 0.15) is 23.4 Å². The Morgan fingerprint density at radius 1 is 1.25 bits per heavy atom. The van der Waals surface area contributed by atoms with E-state index in [1.165, 1.54) is 12.1 Å². The molecule has 0 radical (unpaired) electrons. The molecule has 0 heterocycles. The van der Waals surface area contributed by atoms with E-state index in [-0.39, 0.29) is 44.8 Å². The first-order valence-electron chi connectivity index (χ1n) is 8.26. The molecule has 2 aromatic carbocycles. The van der Waals surface area contributed by atoms with Crippen LogP contribution in [0.5, 0.6) is 11.5 Å². The zero-order chi connectivity index (χ0) is 21.1. The van der Waals surface area contributed by atoms with Crippen LogP contribution in [0, 0.1) is 17.1 Å². The second kappa shape index (κ2) is 8.80. The van der Waals surface area contributed by atoms with Crippen LogP contribution in [0.2, 0.25) is 0 Å². The minimum atomic E-state index is -3.54. The summed E-state index contributed by atoms with van der Waals surface area (Å²) in [4.78, 5) is -0.177. The van der Waals surface area contributed by atoms with Crippen LogP contribution in [0.4, 0.5) is 22.0 Å². The van der Waals surface area contributed by atoms with Crippen LogP contribution in [0.25, 0.3) is 0 Å². The van der Waals surface area contributed by atoms with Crippen molar-refractivity contribution in [2.45, 2.75) is 42.9 Å². The Morgan fingerprint density at radius 3 is 2.54 bits per heavy atom. The Balaban J connectivity index is 0.00000136. The number of aliphatic hydroxyl groups excluding tert-OH is 1. The lowest BCUT2D eigenvalue weighted by Gasteiger charge is -2.16. The van der Waals surface area contributed by atoms with E-state index in [0.717, 1.165) is 18.2 Å². The van der Waals surface area contributed by atoms with E-state index in [4.69, 9.17) is 10.00 Å². The summed E-state index contributed by atoms with van der Waals surface area (Å²) in [6.45, 7) is 4.00. The van der Waals surface area contributed by atoms with Gasteiger partial charge >= 0.3 is 0 Å². The molecule has 1 unspecified atom stereocenters. The first-order valence-corrected chi connectivity index (χ1v) is 9.14. The van der Waals surface area contributed by atoms with Gasteiger partial charge in [0.15, 0.2) is 0 Å². The fourth-order valence-electron chi connectivity index (χ4n) is 2.76. The highest BCUT2D eigenvalue weighted by atomic mass is 32.2. The maximum Gasteiger partial charge on any atom is 0.288 e. The van der Waals surface area contributed by atoms with Crippen molar-refractivity contribution in [2.24, 2.45) is 0 Å². The van der Waals surface area contributed by atoms with Crippen LogP contribution >= 0.6 is 11.8 Å². The molecule has 0 bridgehead atoms. The molecule has 0 saturated heterocycles. The van der Waals surface area contributed by atoms with Crippen molar-refractivity contribution in [3.8, 4) is 17.6 Å². The summed E-state index contributed by atoms with van der Waals surface area (Å²) in [6.07, 6.45) is -3.15. The van der Waals surface area contributed by atoms with E-state index in [9.17, 15) is 27.1 Å². The van der Waals surface area contributed by atoms with Gasteiger partial charge in [-0.05, 0) is 24.3 Å². The number of rotatable bonds is 4. The highest BCUT2D eigenvalue weighted by Crippen LogP contribution is 2.51. The van der Waals surface area contributed by atoms with Crippen molar-refractivity contribution in [1.82, 2.24) is 0 Å². The number of nitrogens with zero attached hydrogens (tertiary/aromatic N) is 1. The third-order valence-corrected chi connectivity index (χ3v) is 4.59. The average Bonchev–Trinajstić information content (AvgIpc) is 2.88. The zero-order valence-corrected chi connectivity index (χ0v) is 15.7. The maximum absolute atomic E-state index is 13.9. The van der Waals surface area contributed by atoms with Gasteiger partial charge in [-0.25, -0.2) is 13.2 Å². The molecule has 1 aliphatic carbocycles. The van der Waals surface area contributed by atoms with Crippen molar-refractivity contribution in [2.75, 3.05) is 0 Å². The van der Waals surface area contributed by atoms with Crippen molar-refractivity contribution < 1.29 is 31.8 Å². The van der Waals surface area contributed by atoms with E-state index < -0.39 is 30.0 Å². The van der Waals surface area contributed by atoms with Gasteiger partial charge in [-0.3, -0.25) is 0 Å². The summed E-state index contributed by atoms with van der Waals surface area (Å²) in [6, 6.07) is 7.21. The van der Waals surface area contributed by atoms with Crippen LogP contribution in [0.1, 0.15) is 36.6 Å². The minimum absolute atomic E-state index is 0.0353. The lowest BCUT2D eigenvalue weighted by Crippen LogP contribution is -2.21. The second-order valence-corrected chi connectivity index (χ2v) is 6.59. The number of alkyl halides is 4. The highest BCUT2D eigenvalue weighted by Gasteiger charge is 2.49. The zero-order valence-electron chi connectivity index (χ0n) is 14.8. The van der Waals surface area contributed by atoms with Gasteiger partial charge < -0.3 is 9.84 Å². The topological polar surface area (TPSA) is 53.2 Å². The normalized spacial score (nSPS) is 16.8. The molecule has 0 spiro atoms. The molecule has 28 heavy (non-hydrogen) atoms. The summed E-state index contributed by atoms with van der Waals surface area (Å²) in [5.74, 6) is -7.38. The van der Waals surface area contributed by atoms with Gasteiger partial charge in [-0.2, -0.15) is 14.0 Å². The van der Waals surface area contributed by atoms with Crippen molar-refractivity contribution >= 4 is 11.8 Å². The van der Waals surface area contributed by atoms with E-state index in [2.05, 4.69) is 0 Å². The maximum atomic E-state index is 13.9. The van der Waals surface area contributed by atoms with Gasteiger partial charge in [-0.1, -0.05) is 25.6 Å². The molecular formula is C19H16F5NO2S. The van der Waals surface area contributed by atoms with Crippen LogP contribution < -0.4 is 4.74 Å². The Morgan fingerprint density at radius 2 is 1.93 bits per heavy atom. The first-order chi connectivity index (χ1) is 13.2. The van der Waals surface area contributed by atoms with Crippen molar-refractivity contribution in [3.63, 3.8) is 0 Å². The Kier molecular flexibility index (Phi) is 6.91. The Labute approximate surface area is 162 Å². The quantitative estimate of drug-likeness (QED) is 0.486. The van der Waals surface area contributed by atoms with E-state index in [1.807, 2.05) is 13.8 Å². The number of hydrogen-bond donors (Lipinski definition) is 1.